The zero-order chi connectivity index (χ0) is 12.1. The molecule has 0 saturated carbocycles. The van der Waals surface area contributed by atoms with E-state index < -0.39 is 0 Å². The van der Waals surface area contributed by atoms with Crippen molar-refractivity contribution in [3.8, 4) is 6.07 Å². The van der Waals surface area contributed by atoms with Gasteiger partial charge in [0.05, 0.1) is 11.3 Å². The minimum Gasteiger partial charge on any atom is -0.398 e. The van der Waals surface area contributed by atoms with Crippen molar-refractivity contribution < 1.29 is 0 Å². The fraction of sp³-hybridized carbons (Fsp3) is 0.0769. The van der Waals surface area contributed by atoms with Crippen molar-refractivity contribution in [1.29, 1.82) is 5.26 Å². The van der Waals surface area contributed by atoms with Crippen molar-refractivity contribution >= 4 is 11.4 Å². The predicted octanol–water partition coefficient (Wildman–Crippen LogP) is 2.15. The van der Waals surface area contributed by atoms with Crippen molar-refractivity contribution in [3.05, 3.63) is 53.9 Å². The Kier molecular flexibility index (Phi) is 3.22. The molecule has 2 rings (SSSR count). The molecule has 1 aromatic heterocycles. The number of hydrogen-bond donors (Lipinski definition) is 2. The first-order valence-electron chi connectivity index (χ1n) is 5.22. The second-order valence-corrected chi connectivity index (χ2v) is 3.63. The quantitative estimate of drug-likeness (QED) is 0.783. The first-order valence-corrected chi connectivity index (χ1v) is 5.22. The number of nitrogens with two attached hydrogens (primary N) is 1. The molecule has 0 saturated heterocycles. The molecule has 1 heterocycles. The monoisotopic (exact) mass is 224 g/mol. The van der Waals surface area contributed by atoms with E-state index in [1.165, 1.54) is 0 Å². The van der Waals surface area contributed by atoms with Gasteiger partial charge in [-0.15, -0.1) is 0 Å². The Morgan fingerprint density at radius 1 is 1.35 bits per heavy atom. The zero-order valence-electron chi connectivity index (χ0n) is 9.22. The van der Waals surface area contributed by atoms with Crippen LogP contribution in [-0.2, 0) is 6.54 Å². The molecule has 2 aromatic rings. The lowest BCUT2D eigenvalue weighted by molar-refractivity contribution is 1.11. The van der Waals surface area contributed by atoms with Gasteiger partial charge in [-0.05, 0) is 29.8 Å². The summed E-state index contributed by atoms with van der Waals surface area (Å²) < 4.78 is 0. The summed E-state index contributed by atoms with van der Waals surface area (Å²) in [6.45, 7) is 0.680. The SMILES string of the molecule is N#Cc1ccc(NCc2cccnc2)cc1N. The Labute approximate surface area is 99.7 Å². The van der Waals surface area contributed by atoms with E-state index in [0.29, 0.717) is 17.8 Å². The van der Waals surface area contributed by atoms with Crippen LogP contribution in [0, 0.1) is 11.3 Å². The number of aromatic nitrogens is 1. The van der Waals surface area contributed by atoms with E-state index in [1.54, 1.807) is 24.5 Å². The number of nitrogen functional groups attached to an aromatic ring is 1. The van der Waals surface area contributed by atoms with E-state index in [4.69, 9.17) is 11.0 Å². The molecule has 4 nitrogen and oxygen atoms in total. The summed E-state index contributed by atoms with van der Waals surface area (Å²) in [7, 11) is 0. The van der Waals surface area contributed by atoms with Gasteiger partial charge < -0.3 is 11.1 Å². The van der Waals surface area contributed by atoms with Crippen molar-refractivity contribution in [1.82, 2.24) is 4.98 Å². The molecule has 17 heavy (non-hydrogen) atoms. The molecule has 0 atom stereocenters. The summed E-state index contributed by atoms with van der Waals surface area (Å²) in [6.07, 6.45) is 3.54. The van der Waals surface area contributed by atoms with Gasteiger partial charge in [0, 0.05) is 24.6 Å². The van der Waals surface area contributed by atoms with E-state index in [2.05, 4.69) is 10.3 Å². The molecule has 0 spiro atoms. The molecule has 84 valence electrons. The summed E-state index contributed by atoms with van der Waals surface area (Å²) in [5, 5.41) is 12.0. The van der Waals surface area contributed by atoms with Gasteiger partial charge in [0.2, 0.25) is 0 Å². The Hall–Kier alpha value is -2.54. The molecule has 0 aliphatic rings. The fourth-order valence-corrected chi connectivity index (χ4v) is 1.48. The zero-order valence-corrected chi connectivity index (χ0v) is 9.22. The van der Waals surface area contributed by atoms with Crippen LogP contribution in [0.15, 0.2) is 42.7 Å². The van der Waals surface area contributed by atoms with Crippen molar-refractivity contribution in [3.63, 3.8) is 0 Å². The molecule has 0 amide bonds. The third-order valence-corrected chi connectivity index (χ3v) is 2.39. The summed E-state index contributed by atoms with van der Waals surface area (Å²) in [5.74, 6) is 0. The van der Waals surface area contributed by atoms with Gasteiger partial charge in [-0.25, -0.2) is 0 Å². The lowest BCUT2D eigenvalue weighted by Gasteiger charge is -2.07. The van der Waals surface area contributed by atoms with E-state index >= 15 is 0 Å². The molecule has 0 radical (unpaired) electrons. The molecule has 0 unspecified atom stereocenters. The topological polar surface area (TPSA) is 74.7 Å². The van der Waals surface area contributed by atoms with Crippen LogP contribution in [0.1, 0.15) is 11.1 Å². The number of pyridine rings is 1. The molecule has 0 fully saturated rings. The highest BCUT2D eigenvalue weighted by atomic mass is 14.9. The average Bonchev–Trinajstić information content (AvgIpc) is 2.38. The minimum atomic E-state index is 0.490. The fourth-order valence-electron chi connectivity index (χ4n) is 1.48. The van der Waals surface area contributed by atoms with Gasteiger partial charge in [0.15, 0.2) is 0 Å². The first kappa shape index (κ1) is 11.0. The van der Waals surface area contributed by atoms with Crippen molar-refractivity contribution in [2.45, 2.75) is 6.54 Å². The predicted molar refractivity (Wildman–Crippen MR) is 67.1 cm³/mol. The highest BCUT2D eigenvalue weighted by Gasteiger charge is 1.99. The van der Waals surface area contributed by atoms with Gasteiger partial charge in [-0.2, -0.15) is 5.26 Å². The highest BCUT2D eigenvalue weighted by molar-refractivity contribution is 5.62. The molecular weight excluding hydrogens is 212 g/mol. The lowest BCUT2D eigenvalue weighted by Crippen LogP contribution is -2.01. The molecule has 0 bridgehead atoms. The minimum absolute atomic E-state index is 0.490. The summed E-state index contributed by atoms with van der Waals surface area (Å²) in [4.78, 5) is 4.03. The van der Waals surface area contributed by atoms with Crippen LogP contribution >= 0.6 is 0 Å². The third-order valence-electron chi connectivity index (χ3n) is 2.39. The average molecular weight is 224 g/mol. The normalized spacial score (nSPS) is 9.59. The molecule has 1 aromatic carbocycles. The Morgan fingerprint density at radius 2 is 2.24 bits per heavy atom. The Morgan fingerprint density at radius 3 is 2.88 bits per heavy atom. The van der Waals surface area contributed by atoms with Crippen molar-refractivity contribution in [2.75, 3.05) is 11.1 Å². The molecule has 3 N–H and O–H groups in total. The van der Waals surface area contributed by atoms with E-state index in [9.17, 15) is 0 Å². The van der Waals surface area contributed by atoms with Gasteiger partial charge in [-0.3, -0.25) is 4.98 Å². The van der Waals surface area contributed by atoms with Crippen LogP contribution in [0.5, 0.6) is 0 Å². The maximum absolute atomic E-state index is 8.76. The van der Waals surface area contributed by atoms with Crippen LogP contribution in [0.2, 0.25) is 0 Å². The molecule has 0 aliphatic carbocycles. The summed E-state index contributed by atoms with van der Waals surface area (Å²) in [5.41, 5.74) is 8.70. The molecular formula is C13H12N4. The van der Waals surface area contributed by atoms with E-state index in [0.717, 1.165) is 11.3 Å². The van der Waals surface area contributed by atoms with Crippen LogP contribution in [0.4, 0.5) is 11.4 Å². The van der Waals surface area contributed by atoms with Gasteiger partial charge in [0.25, 0.3) is 0 Å². The van der Waals surface area contributed by atoms with Crippen LogP contribution in [0.3, 0.4) is 0 Å². The number of anilines is 2. The maximum atomic E-state index is 8.76. The van der Waals surface area contributed by atoms with E-state index in [1.807, 2.05) is 24.3 Å². The Bertz CT molecular complexity index is 543. The third kappa shape index (κ3) is 2.73. The lowest BCUT2D eigenvalue weighted by atomic mass is 10.2. The first-order chi connectivity index (χ1) is 8.29. The molecule has 4 heteroatoms. The number of hydrogen-bond acceptors (Lipinski definition) is 4. The Balaban J connectivity index is 2.06. The number of nitrogens with zero attached hydrogens (tertiary/aromatic N) is 2. The van der Waals surface area contributed by atoms with Gasteiger partial charge in [0.1, 0.15) is 6.07 Å². The van der Waals surface area contributed by atoms with Crippen LogP contribution < -0.4 is 11.1 Å². The summed E-state index contributed by atoms with van der Waals surface area (Å²) >= 11 is 0. The molecule has 0 aliphatic heterocycles. The number of nitriles is 1. The number of rotatable bonds is 3. The smallest absolute Gasteiger partial charge is 0.101 e. The van der Waals surface area contributed by atoms with Gasteiger partial charge in [-0.1, -0.05) is 6.07 Å². The number of benzene rings is 1. The largest absolute Gasteiger partial charge is 0.398 e. The maximum Gasteiger partial charge on any atom is 0.101 e. The number of nitrogens with one attached hydrogen (secondary N) is 1. The van der Waals surface area contributed by atoms with Gasteiger partial charge >= 0.3 is 0 Å². The second-order valence-electron chi connectivity index (χ2n) is 3.63. The highest BCUT2D eigenvalue weighted by Crippen LogP contribution is 2.17. The second kappa shape index (κ2) is 4.99. The van der Waals surface area contributed by atoms with Crippen LogP contribution in [-0.4, -0.2) is 4.98 Å². The summed E-state index contributed by atoms with van der Waals surface area (Å²) in [6, 6.07) is 11.2. The van der Waals surface area contributed by atoms with Crippen LogP contribution in [0.25, 0.3) is 0 Å². The van der Waals surface area contributed by atoms with E-state index in [-0.39, 0.29) is 0 Å². The standard InChI is InChI=1S/C13H12N4/c14-7-11-3-4-12(6-13(11)15)17-9-10-2-1-5-16-8-10/h1-6,8,17H,9,15H2. The van der Waals surface area contributed by atoms with Crippen molar-refractivity contribution in [2.24, 2.45) is 0 Å².